The molecule has 0 aliphatic carbocycles. The Morgan fingerprint density at radius 3 is 1.89 bits per heavy atom. The average Bonchev–Trinajstić information content (AvgIpc) is 3.01. The second-order valence-electron chi connectivity index (χ2n) is 11.1. The highest BCUT2D eigenvalue weighted by molar-refractivity contribution is 5.73. The van der Waals surface area contributed by atoms with E-state index in [1.54, 1.807) is 24.3 Å². The van der Waals surface area contributed by atoms with E-state index in [1.807, 2.05) is 6.07 Å². The molecule has 250 valence electrons. The van der Waals surface area contributed by atoms with Crippen molar-refractivity contribution in [2.24, 2.45) is 11.5 Å². The van der Waals surface area contributed by atoms with E-state index >= 15 is 0 Å². The first-order valence-electron chi connectivity index (χ1n) is 14.3. The summed E-state index contributed by atoms with van der Waals surface area (Å²) in [4.78, 5) is 12.1. The first kappa shape index (κ1) is 35.0. The lowest BCUT2D eigenvalue weighted by molar-refractivity contribution is -0.340. The number of nitrogens with two attached hydrogens (primary N) is 2. The van der Waals surface area contributed by atoms with Crippen LogP contribution in [0.3, 0.4) is 0 Å². The zero-order valence-electron chi connectivity index (χ0n) is 24.0. The van der Waals surface area contributed by atoms with Gasteiger partial charge >= 0.3 is 0 Å². The van der Waals surface area contributed by atoms with Gasteiger partial charge in [0.2, 0.25) is 5.91 Å². The normalized spacial score (nSPS) is 43.0. The van der Waals surface area contributed by atoms with E-state index in [2.05, 4.69) is 5.32 Å². The number of benzene rings is 1. The second-order valence-corrected chi connectivity index (χ2v) is 11.1. The molecule has 3 fully saturated rings. The van der Waals surface area contributed by atoms with E-state index in [0.717, 1.165) is 5.56 Å². The highest BCUT2D eigenvalue weighted by Gasteiger charge is 2.52. The van der Waals surface area contributed by atoms with Crippen molar-refractivity contribution >= 4 is 5.91 Å². The minimum absolute atomic E-state index is 0.0329. The van der Waals surface area contributed by atoms with Gasteiger partial charge in [-0.15, -0.1) is 0 Å². The summed E-state index contributed by atoms with van der Waals surface area (Å²) in [5.41, 5.74) is 12.8. The SMILES string of the molecule is CC(=O)N[C@H]1[C@@H](OCc2ccccc2)O[C@H](CO[C@@H]2O[C@H](CO)[C@@H](O)[C@H](O)[C@H]2N)[C@@H](O[C@@H]2O[C@H](CO)[C@@H](O)[C@H](O)[C@H]2N)[C@@H]1O. The van der Waals surface area contributed by atoms with Crippen LogP contribution >= 0.6 is 0 Å². The fraction of sp³-hybridized carbons (Fsp3) is 0.741. The van der Waals surface area contributed by atoms with E-state index in [1.165, 1.54) is 6.92 Å². The summed E-state index contributed by atoms with van der Waals surface area (Å²) in [5, 5.41) is 74.4. The molecular formula is C27H43N3O14. The Hall–Kier alpha value is -1.91. The molecule has 3 aliphatic heterocycles. The molecular weight excluding hydrogens is 590 g/mol. The van der Waals surface area contributed by atoms with Gasteiger partial charge in [0, 0.05) is 6.92 Å². The van der Waals surface area contributed by atoms with Crippen LogP contribution in [0.2, 0.25) is 0 Å². The van der Waals surface area contributed by atoms with Gasteiger partial charge in [-0.2, -0.15) is 0 Å². The number of carbonyl (C=O) groups excluding carboxylic acids is 1. The quantitative estimate of drug-likeness (QED) is 0.109. The van der Waals surface area contributed by atoms with Crippen LogP contribution in [0.4, 0.5) is 0 Å². The molecule has 17 heteroatoms. The maximum absolute atomic E-state index is 12.1. The molecule has 0 bridgehead atoms. The Labute approximate surface area is 253 Å². The molecule has 0 aromatic heterocycles. The maximum atomic E-state index is 12.1. The van der Waals surface area contributed by atoms with Gasteiger partial charge in [0.05, 0.1) is 38.5 Å². The number of aliphatic hydroxyl groups excluding tert-OH is 7. The molecule has 3 saturated heterocycles. The zero-order chi connectivity index (χ0) is 32.1. The lowest BCUT2D eigenvalue weighted by atomic mass is 9.94. The van der Waals surface area contributed by atoms with Crippen LogP contribution in [-0.4, -0.2) is 153 Å². The Bertz CT molecular complexity index is 1040. The van der Waals surface area contributed by atoms with Gasteiger partial charge in [-0.05, 0) is 5.56 Å². The minimum atomic E-state index is -1.56. The molecule has 3 heterocycles. The lowest BCUT2D eigenvalue weighted by Crippen LogP contribution is -2.69. The Kier molecular flexibility index (Phi) is 12.4. The van der Waals surface area contributed by atoms with E-state index in [9.17, 15) is 40.5 Å². The topological polar surface area (TPSA) is 278 Å². The smallest absolute Gasteiger partial charge is 0.217 e. The standard InChI is InChI=1S/C27H43N3O14/c1-11(33)30-18-23(38)24(44-26-17(29)22(37)20(35)14(8-32)42-26)15(43-27(18)39-9-12-5-3-2-4-6-12)10-40-25-16(28)21(36)19(34)13(7-31)41-25/h2-6,13-27,31-32,34-38H,7-10,28-29H2,1H3,(H,30,33)/t13-,14-,15-,16-,17-,18-,19-,20-,21-,22-,23-,24-,25-,26+,27+/m1/s1. The number of aliphatic hydroxyl groups is 7. The summed E-state index contributed by atoms with van der Waals surface area (Å²) >= 11 is 0. The van der Waals surface area contributed by atoms with Gasteiger partial charge in [0.15, 0.2) is 18.9 Å². The number of ether oxygens (including phenoxy) is 6. The van der Waals surface area contributed by atoms with Crippen molar-refractivity contribution in [3.63, 3.8) is 0 Å². The van der Waals surface area contributed by atoms with Crippen molar-refractivity contribution < 1.29 is 69.0 Å². The summed E-state index contributed by atoms with van der Waals surface area (Å²) in [7, 11) is 0. The third-order valence-electron chi connectivity index (χ3n) is 7.87. The monoisotopic (exact) mass is 633 g/mol. The Balaban J connectivity index is 1.58. The number of hydrogen-bond acceptors (Lipinski definition) is 16. The largest absolute Gasteiger partial charge is 0.394 e. The van der Waals surface area contributed by atoms with Crippen molar-refractivity contribution in [3.05, 3.63) is 35.9 Å². The molecule has 0 unspecified atom stereocenters. The molecule has 0 spiro atoms. The lowest BCUT2D eigenvalue weighted by Gasteiger charge is -2.48. The molecule has 17 nitrogen and oxygen atoms in total. The summed E-state index contributed by atoms with van der Waals surface area (Å²) in [6.45, 7) is -0.488. The number of amides is 1. The Morgan fingerprint density at radius 1 is 0.773 bits per heavy atom. The van der Waals surface area contributed by atoms with Crippen molar-refractivity contribution in [3.8, 4) is 0 Å². The predicted octanol–water partition coefficient (Wildman–Crippen LogP) is -5.27. The van der Waals surface area contributed by atoms with Gasteiger partial charge < -0.3 is 81.0 Å². The Morgan fingerprint density at radius 2 is 1.32 bits per heavy atom. The van der Waals surface area contributed by atoms with Crippen molar-refractivity contribution in [2.45, 2.75) is 105 Å². The zero-order valence-corrected chi connectivity index (χ0v) is 24.0. The highest BCUT2D eigenvalue weighted by atomic mass is 16.7. The van der Waals surface area contributed by atoms with E-state index in [0.29, 0.717) is 0 Å². The average molecular weight is 634 g/mol. The van der Waals surface area contributed by atoms with E-state index in [-0.39, 0.29) is 6.61 Å². The summed E-state index contributed by atoms with van der Waals surface area (Å²) in [5.74, 6) is -0.520. The second kappa shape index (κ2) is 15.6. The number of rotatable bonds is 11. The van der Waals surface area contributed by atoms with Crippen molar-refractivity contribution in [1.29, 1.82) is 0 Å². The van der Waals surface area contributed by atoms with Gasteiger partial charge in [-0.25, -0.2) is 0 Å². The molecule has 44 heavy (non-hydrogen) atoms. The third kappa shape index (κ3) is 7.89. The van der Waals surface area contributed by atoms with Crippen LogP contribution in [0.25, 0.3) is 0 Å². The first-order valence-corrected chi connectivity index (χ1v) is 14.3. The molecule has 3 aliphatic rings. The van der Waals surface area contributed by atoms with Crippen LogP contribution in [0.1, 0.15) is 12.5 Å². The van der Waals surface area contributed by atoms with E-state index < -0.39 is 118 Å². The minimum Gasteiger partial charge on any atom is -0.394 e. The first-order chi connectivity index (χ1) is 21.0. The van der Waals surface area contributed by atoms with Gasteiger partial charge in [-0.3, -0.25) is 4.79 Å². The van der Waals surface area contributed by atoms with Crippen LogP contribution in [0.15, 0.2) is 30.3 Å². The molecule has 1 aromatic rings. The van der Waals surface area contributed by atoms with Crippen LogP contribution < -0.4 is 16.8 Å². The molecule has 0 saturated carbocycles. The number of hydrogen-bond donors (Lipinski definition) is 10. The highest BCUT2D eigenvalue weighted by Crippen LogP contribution is 2.31. The maximum Gasteiger partial charge on any atom is 0.217 e. The van der Waals surface area contributed by atoms with E-state index in [4.69, 9.17) is 39.9 Å². The van der Waals surface area contributed by atoms with Gasteiger partial charge in [0.1, 0.15) is 61.0 Å². The predicted molar refractivity (Wildman–Crippen MR) is 146 cm³/mol. The van der Waals surface area contributed by atoms with Gasteiger partial charge in [0.25, 0.3) is 0 Å². The van der Waals surface area contributed by atoms with Gasteiger partial charge in [-0.1, -0.05) is 30.3 Å². The fourth-order valence-electron chi connectivity index (χ4n) is 5.33. The van der Waals surface area contributed by atoms with Crippen LogP contribution in [-0.2, 0) is 39.8 Å². The fourth-order valence-corrected chi connectivity index (χ4v) is 5.33. The van der Waals surface area contributed by atoms with Crippen molar-refractivity contribution in [2.75, 3.05) is 19.8 Å². The molecule has 1 amide bonds. The number of carbonyl (C=O) groups is 1. The molecule has 1 aromatic carbocycles. The summed E-state index contributed by atoms with van der Waals surface area (Å²) in [6, 6.07) is 5.28. The molecule has 12 N–H and O–H groups in total. The van der Waals surface area contributed by atoms with Crippen LogP contribution in [0, 0.1) is 0 Å². The summed E-state index contributed by atoms with van der Waals surface area (Å²) < 4.78 is 35.0. The summed E-state index contributed by atoms with van der Waals surface area (Å²) in [6.07, 6.45) is -16.8. The van der Waals surface area contributed by atoms with Crippen molar-refractivity contribution in [1.82, 2.24) is 5.32 Å². The third-order valence-corrected chi connectivity index (χ3v) is 7.87. The van der Waals surface area contributed by atoms with Crippen LogP contribution in [0.5, 0.6) is 0 Å². The molecule has 15 atom stereocenters. The molecule has 0 radical (unpaired) electrons. The molecule has 4 rings (SSSR count). The number of nitrogens with one attached hydrogen (secondary N) is 1.